The van der Waals surface area contributed by atoms with E-state index in [0.29, 0.717) is 12.0 Å². The number of ether oxygens (including phenoxy) is 1. The van der Waals surface area contributed by atoms with Crippen LogP contribution in [0.4, 0.5) is 5.82 Å². The molecule has 4 nitrogen and oxygen atoms in total. The van der Waals surface area contributed by atoms with Gasteiger partial charge in [0.25, 0.3) is 0 Å². The molecule has 1 N–H and O–H groups in total. The summed E-state index contributed by atoms with van der Waals surface area (Å²) in [5, 5.41) is 3.59. The first-order valence-corrected chi connectivity index (χ1v) is 8.40. The molecule has 1 aromatic carbocycles. The Labute approximate surface area is 138 Å². The van der Waals surface area contributed by atoms with Crippen molar-refractivity contribution in [2.45, 2.75) is 51.7 Å². The standard InChI is InChI=1S/C19H25N3O/c1-13(2)19-20-14(3)11-18(22-19)21-16-9-10-23-17(12-16)15-7-5-4-6-8-15/h4-8,11,13,16-17H,9-10,12H2,1-3H3,(H,20,21,22). The van der Waals surface area contributed by atoms with E-state index in [1.54, 1.807) is 0 Å². The second-order valence-corrected chi connectivity index (χ2v) is 6.54. The van der Waals surface area contributed by atoms with Gasteiger partial charge in [-0.15, -0.1) is 0 Å². The zero-order chi connectivity index (χ0) is 16.2. The van der Waals surface area contributed by atoms with E-state index in [1.165, 1.54) is 5.56 Å². The highest BCUT2D eigenvalue weighted by Crippen LogP contribution is 2.29. The Morgan fingerprint density at radius 2 is 1.96 bits per heavy atom. The summed E-state index contributed by atoms with van der Waals surface area (Å²) >= 11 is 0. The van der Waals surface area contributed by atoms with Crippen LogP contribution in [0, 0.1) is 6.92 Å². The topological polar surface area (TPSA) is 47.0 Å². The molecule has 1 aliphatic rings. The number of nitrogens with zero attached hydrogens (tertiary/aromatic N) is 2. The molecule has 2 unspecified atom stereocenters. The third kappa shape index (κ3) is 4.08. The maximum atomic E-state index is 5.94. The molecular weight excluding hydrogens is 286 g/mol. The van der Waals surface area contributed by atoms with Gasteiger partial charge in [0.05, 0.1) is 6.10 Å². The molecule has 1 aliphatic heterocycles. The minimum Gasteiger partial charge on any atom is -0.373 e. The van der Waals surface area contributed by atoms with E-state index in [9.17, 15) is 0 Å². The first kappa shape index (κ1) is 15.9. The molecule has 1 fully saturated rings. The number of rotatable bonds is 4. The Balaban J connectivity index is 1.70. The number of aromatic nitrogens is 2. The first-order chi connectivity index (χ1) is 11.1. The van der Waals surface area contributed by atoms with Gasteiger partial charge in [0.2, 0.25) is 0 Å². The zero-order valence-corrected chi connectivity index (χ0v) is 14.1. The predicted octanol–water partition coefficient (Wildman–Crippen LogP) is 4.24. The quantitative estimate of drug-likeness (QED) is 0.917. The van der Waals surface area contributed by atoms with Crippen LogP contribution in [0.2, 0.25) is 0 Å². The van der Waals surface area contributed by atoms with Gasteiger partial charge >= 0.3 is 0 Å². The van der Waals surface area contributed by atoms with Gasteiger partial charge in [-0.3, -0.25) is 0 Å². The van der Waals surface area contributed by atoms with Crippen LogP contribution >= 0.6 is 0 Å². The lowest BCUT2D eigenvalue weighted by atomic mass is 9.97. The molecule has 0 saturated carbocycles. The van der Waals surface area contributed by atoms with Crippen LogP contribution in [0.5, 0.6) is 0 Å². The Bertz CT molecular complexity index is 642. The van der Waals surface area contributed by atoms with Gasteiger partial charge in [-0.25, -0.2) is 9.97 Å². The Morgan fingerprint density at radius 3 is 2.70 bits per heavy atom. The maximum absolute atomic E-state index is 5.94. The molecule has 0 amide bonds. The van der Waals surface area contributed by atoms with Crippen molar-refractivity contribution in [2.75, 3.05) is 11.9 Å². The van der Waals surface area contributed by atoms with Crippen LogP contribution in [-0.2, 0) is 4.74 Å². The molecule has 1 aromatic heterocycles. The Morgan fingerprint density at radius 1 is 1.17 bits per heavy atom. The van der Waals surface area contributed by atoms with E-state index in [2.05, 4.69) is 53.4 Å². The highest BCUT2D eigenvalue weighted by Gasteiger charge is 2.24. The van der Waals surface area contributed by atoms with Crippen LogP contribution in [0.3, 0.4) is 0 Å². The van der Waals surface area contributed by atoms with Crippen molar-refractivity contribution in [3.63, 3.8) is 0 Å². The largest absolute Gasteiger partial charge is 0.373 e. The molecule has 2 heterocycles. The molecule has 0 radical (unpaired) electrons. The number of anilines is 1. The van der Waals surface area contributed by atoms with Gasteiger partial charge in [0, 0.05) is 30.3 Å². The Kier molecular flexibility index (Phi) is 4.91. The molecule has 122 valence electrons. The average molecular weight is 311 g/mol. The van der Waals surface area contributed by atoms with Crippen molar-refractivity contribution < 1.29 is 4.74 Å². The van der Waals surface area contributed by atoms with Crippen LogP contribution < -0.4 is 5.32 Å². The Hall–Kier alpha value is -1.94. The van der Waals surface area contributed by atoms with Gasteiger partial charge in [-0.2, -0.15) is 0 Å². The summed E-state index contributed by atoms with van der Waals surface area (Å²) < 4.78 is 5.94. The molecule has 0 spiro atoms. The number of hydrogen-bond donors (Lipinski definition) is 1. The monoisotopic (exact) mass is 311 g/mol. The number of aryl methyl sites for hydroxylation is 1. The second-order valence-electron chi connectivity index (χ2n) is 6.54. The molecule has 0 bridgehead atoms. The third-order valence-electron chi connectivity index (χ3n) is 4.20. The molecule has 4 heteroatoms. The maximum Gasteiger partial charge on any atom is 0.133 e. The summed E-state index contributed by atoms with van der Waals surface area (Å²) in [5.41, 5.74) is 2.26. The summed E-state index contributed by atoms with van der Waals surface area (Å²) in [7, 11) is 0. The van der Waals surface area contributed by atoms with E-state index in [-0.39, 0.29) is 6.10 Å². The lowest BCUT2D eigenvalue weighted by Crippen LogP contribution is -2.30. The van der Waals surface area contributed by atoms with Gasteiger partial charge in [-0.1, -0.05) is 44.2 Å². The molecule has 0 aliphatic carbocycles. The van der Waals surface area contributed by atoms with Gasteiger partial charge in [-0.05, 0) is 25.3 Å². The SMILES string of the molecule is Cc1cc(NC2CCOC(c3ccccc3)C2)nc(C(C)C)n1. The lowest BCUT2D eigenvalue weighted by Gasteiger charge is -2.31. The first-order valence-electron chi connectivity index (χ1n) is 8.40. The van der Waals surface area contributed by atoms with Gasteiger partial charge < -0.3 is 10.1 Å². The van der Waals surface area contributed by atoms with Crippen molar-refractivity contribution in [1.29, 1.82) is 0 Å². The molecule has 1 saturated heterocycles. The van der Waals surface area contributed by atoms with Crippen molar-refractivity contribution in [3.8, 4) is 0 Å². The fraction of sp³-hybridized carbons (Fsp3) is 0.474. The average Bonchev–Trinajstić information content (AvgIpc) is 2.55. The van der Waals surface area contributed by atoms with Gasteiger partial charge in [0.15, 0.2) is 0 Å². The smallest absolute Gasteiger partial charge is 0.133 e. The van der Waals surface area contributed by atoms with Crippen molar-refractivity contribution >= 4 is 5.82 Å². The minimum atomic E-state index is 0.162. The summed E-state index contributed by atoms with van der Waals surface area (Å²) in [6.45, 7) is 7.05. The molecular formula is C19H25N3O. The number of nitrogens with one attached hydrogen (secondary N) is 1. The van der Waals surface area contributed by atoms with Crippen LogP contribution in [0.25, 0.3) is 0 Å². The third-order valence-corrected chi connectivity index (χ3v) is 4.20. The predicted molar refractivity (Wildman–Crippen MR) is 92.6 cm³/mol. The van der Waals surface area contributed by atoms with E-state index in [1.807, 2.05) is 19.1 Å². The summed E-state index contributed by atoms with van der Waals surface area (Å²) in [6.07, 6.45) is 2.13. The summed E-state index contributed by atoms with van der Waals surface area (Å²) in [4.78, 5) is 9.18. The summed E-state index contributed by atoms with van der Waals surface area (Å²) in [6, 6.07) is 12.9. The van der Waals surface area contributed by atoms with Crippen molar-refractivity contribution in [2.24, 2.45) is 0 Å². The minimum absolute atomic E-state index is 0.162. The highest BCUT2D eigenvalue weighted by molar-refractivity contribution is 5.37. The molecule has 2 aromatic rings. The lowest BCUT2D eigenvalue weighted by molar-refractivity contribution is 0.00974. The van der Waals surface area contributed by atoms with E-state index in [4.69, 9.17) is 4.74 Å². The fourth-order valence-electron chi connectivity index (χ4n) is 2.96. The molecule has 2 atom stereocenters. The van der Waals surface area contributed by atoms with Crippen molar-refractivity contribution in [3.05, 3.63) is 53.5 Å². The number of hydrogen-bond acceptors (Lipinski definition) is 4. The normalized spacial score (nSPS) is 21.4. The second kappa shape index (κ2) is 7.09. The van der Waals surface area contributed by atoms with Crippen LogP contribution in [-0.4, -0.2) is 22.6 Å². The zero-order valence-electron chi connectivity index (χ0n) is 14.1. The molecule has 3 rings (SSSR count). The van der Waals surface area contributed by atoms with E-state index >= 15 is 0 Å². The van der Waals surface area contributed by atoms with Gasteiger partial charge in [0.1, 0.15) is 11.6 Å². The van der Waals surface area contributed by atoms with Crippen LogP contribution in [0.1, 0.15) is 55.8 Å². The summed E-state index contributed by atoms with van der Waals surface area (Å²) in [5.74, 6) is 2.17. The number of benzene rings is 1. The highest BCUT2D eigenvalue weighted by atomic mass is 16.5. The molecule has 23 heavy (non-hydrogen) atoms. The van der Waals surface area contributed by atoms with Crippen LogP contribution in [0.15, 0.2) is 36.4 Å². The fourth-order valence-corrected chi connectivity index (χ4v) is 2.96. The van der Waals surface area contributed by atoms with E-state index < -0.39 is 0 Å². The van der Waals surface area contributed by atoms with E-state index in [0.717, 1.165) is 36.8 Å². The van der Waals surface area contributed by atoms with Crippen molar-refractivity contribution in [1.82, 2.24) is 9.97 Å².